The minimum Gasteiger partial charge on any atom is -0.402 e. The van der Waals surface area contributed by atoms with Gasteiger partial charge in [0.05, 0.1) is 0 Å². The Labute approximate surface area is 204 Å². The summed E-state index contributed by atoms with van der Waals surface area (Å²) in [5, 5.41) is 8.06. The van der Waals surface area contributed by atoms with Crippen molar-refractivity contribution in [1.29, 1.82) is 0 Å². The van der Waals surface area contributed by atoms with E-state index in [0.717, 1.165) is 48.7 Å². The molecule has 2 aliphatic rings. The van der Waals surface area contributed by atoms with Crippen LogP contribution in [-0.4, -0.2) is 48.5 Å². The van der Waals surface area contributed by atoms with Crippen molar-refractivity contribution in [2.45, 2.75) is 25.3 Å². The van der Waals surface area contributed by atoms with Crippen molar-refractivity contribution < 1.29 is 14.3 Å². The SMILES string of the molecule is O=C(NCCc1ccccc1)NC1CCN(/C=C2/N=C(c3cccc4ccccc34)OC2=O)CC1. The number of fused-ring (bicyclic) bond motifs is 1. The molecular weight excluding hydrogens is 440 g/mol. The molecule has 0 bridgehead atoms. The molecule has 3 aromatic rings. The molecule has 1 saturated heterocycles. The third kappa shape index (κ3) is 5.51. The van der Waals surface area contributed by atoms with Crippen LogP contribution in [0.25, 0.3) is 10.8 Å². The van der Waals surface area contributed by atoms with Gasteiger partial charge in [-0.25, -0.2) is 14.6 Å². The molecule has 0 spiro atoms. The van der Waals surface area contributed by atoms with Gasteiger partial charge in [0.25, 0.3) is 0 Å². The van der Waals surface area contributed by atoms with Crippen molar-refractivity contribution in [3.05, 3.63) is 95.8 Å². The Bertz CT molecular complexity index is 1270. The lowest BCUT2D eigenvalue weighted by Gasteiger charge is -2.31. The summed E-state index contributed by atoms with van der Waals surface area (Å²) in [5.74, 6) is -0.104. The lowest BCUT2D eigenvalue weighted by molar-refractivity contribution is -0.130. The number of hydrogen-bond donors (Lipinski definition) is 2. The number of amides is 2. The molecule has 2 aliphatic heterocycles. The van der Waals surface area contributed by atoms with E-state index in [9.17, 15) is 9.59 Å². The van der Waals surface area contributed by atoms with Gasteiger partial charge in [0.15, 0.2) is 5.70 Å². The average molecular weight is 469 g/mol. The molecule has 0 unspecified atom stereocenters. The molecular formula is C28H28N4O3. The van der Waals surface area contributed by atoms with Gasteiger partial charge in [-0.2, -0.15) is 0 Å². The van der Waals surface area contributed by atoms with Crippen LogP contribution in [0.3, 0.4) is 0 Å². The van der Waals surface area contributed by atoms with Gasteiger partial charge in [0.2, 0.25) is 5.90 Å². The maximum atomic E-state index is 12.5. The lowest BCUT2D eigenvalue weighted by Crippen LogP contribution is -2.47. The fourth-order valence-electron chi connectivity index (χ4n) is 4.47. The van der Waals surface area contributed by atoms with Crippen molar-refractivity contribution in [2.24, 2.45) is 4.99 Å². The molecule has 0 saturated carbocycles. The number of benzene rings is 3. The fraction of sp³-hybridized carbons (Fsp3) is 0.250. The second kappa shape index (κ2) is 10.4. The third-order valence-corrected chi connectivity index (χ3v) is 6.35. The van der Waals surface area contributed by atoms with Crippen molar-refractivity contribution in [3.63, 3.8) is 0 Å². The molecule has 7 nitrogen and oxygen atoms in total. The molecule has 0 radical (unpaired) electrons. The van der Waals surface area contributed by atoms with Crippen molar-refractivity contribution >= 4 is 28.7 Å². The smallest absolute Gasteiger partial charge is 0.365 e. The molecule has 0 aliphatic carbocycles. The van der Waals surface area contributed by atoms with Crippen LogP contribution >= 0.6 is 0 Å². The monoisotopic (exact) mass is 468 g/mol. The van der Waals surface area contributed by atoms with Crippen LogP contribution < -0.4 is 10.6 Å². The summed E-state index contributed by atoms with van der Waals surface area (Å²) in [5.41, 5.74) is 2.31. The molecule has 178 valence electrons. The van der Waals surface area contributed by atoms with Crippen LogP contribution in [0, 0.1) is 0 Å². The minimum atomic E-state index is -0.439. The predicted octanol–water partition coefficient (Wildman–Crippen LogP) is 3.99. The number of rotatable bonds is 6. The van der Waals surface area contributed by atoms with Crippen LogP contribution in [0.5, 0.6) is 0 Å². The quantitative estimate of drug-likeness (QED) is 0.423. The second-order valence-corrected chi connectivity index (χ2v) is 8.79. The number of likely N-dealkylation sites (tertiary alicyclic amines) is 1. The summed E-state index contributed by atoms with van der Waals surface area (Å²) in [6.07, 6.45) is 4.17. The van der Waals surface area contributed by atoms with E-state index in [1.54, 1.807) is 6.20 Å². The lowest BCUT2D eigenvalue weighted by atomic mass is 10.0. The van der Waals surface area contributed by atoms with Gasteiger partial charge in [-0.05, 0) is 41.7 Å². The number of ether oxygens (including phenoxy) is 1. The maximum Gasteiger partial charge on any atom is 0.365 e. The zero-order chi connectivity index (χ0) is 24.0. The van der Waals surface area contributed by atoms with E-state index in [1.807, 2.05) is 60.7 Å². The summed E-state index contributed by atoms with van der Waals surface area (Å²) in [7, 11) is 0. The minimum absolute atomic E-state index is 0.103. The number of esters is 1. The first-order chi connectivity index (χ1) is 17.2. The van der Waals surface area contributed by atoms with Gasteiger partial charge in [-0.15, -0.1) is 0 Å². The van der Waals surface area contributed by atoms with Crippen molar-refractivity contribution in [1.82, 2.24) is 15.5 Å². The highest BCUT2D eigenvalue weighted by Crippen LogP contribution is 2.24. The van der Waals surface area contributed by atoms with Gasteiger partial charge in [0.1, 0.15) is 0 Å². The summed E-state index contributed by atoms with van der Waals surface area (Å²) < 4.78 is 5.50. The van der Waals surface area contributed by atoms with E-state index >= 15 is 0 Å². The molecule has 1 fully saturated rings. The Hall–Kier alpha value is -4.13. The third-order valence-electron chi connectivity index (χ3n) is 6.35. The van der Waals surface area contributed by atoms with E-state index in [-0.39, 0.29) is 12.1 Å². The Kier molecular flexibility index (Phi) is 6.75. The molecule has 0 aromatic heterocycles. The fourth-order valence-corrected chi connectivity index (χ4v) is 4.47. The molecule has 35 heavy (non-hydrogen) atoms. The number of urea groups is 1. The standard InChI is InChI=1S/C28H28N4O3/c33-27-25(31-26(35-27)24-12-6-10-21-9-4-5-11-23(21)24)19-32-17-14-22(15-18-32)30-28(34)29-16-13-20-7-2-1-3-8-20/h1-12,19,22H,13-18H2,(H2,29,30,34)/b25-19+. The van der Waals surface area contributed by atoms with Crippen molar-refractivity contribution in [2.75, 3.05) is 19.6 Å². The average Bonchev–Trinajstić information content (AvgIpc) is 3.25. The van der Waals surface area contributed by atoms with E-state index in [4.69, 9.17) is 4.74 Å². The molecule has 2 heterocycles. The summed E-state index contributed by atoms with van der Waals surface area (Å²) in [6, 6.07) is 23.9. The second-order valence-electron chi connectivity index (χ2n) is 8.79. The number of carbonyl (C=O) groups excluding carboxylic acids is 2. The van der Waals surface area contributed by atoms with Crippen LogP contribution in [0.15, 0.2) is 89.7 Å². The van der Waals surface area contributed by atoms with Crippen LogP contribution in [0.1, 0.15) is 24.0 Å². The van der Waals surface area contributed by atoms with Crippen molar-refractivity contribution in [3.8, 4) is 0 Å². The highest BCUT2D eigenvalue weighted by Gasteiger charge is 2.27. The van der Waals surface area contributed by atoms with Gasteiger partial charge < -0.3 is 20.3 Å². The number of nitrogens with zero attached hydrogens (tertiary/aromatic N) is 2. The highest BCUT2D eigenvalue weighted by molar-refractivity contribution is 6.16. The van der Waals surface area contributed by atoms with E-state index < -0.39 is 5.97 Å². The Morgan fingerprint density at radius 2 is 1.74 bits per heavy atom. The summed E-state index contributed by atoms with van der Waals surface area (Å²) >= 11 is 0. The highest BCUT2D eigenvalue weighted by atomic mass is 16.6. The topological polar surface area (TPSA) is 83.0 Å². The van der Waals surface area contributed by atoms with E-state index in [2.05, 4.69) is 32.7 Å². The summed E-state index contributed by atoms with van der Waals surface area (Å²) in [4.78, 5) is 31.3. The first-order valence-electron chi connectivity index (χ1n) is 12.0. The largest absolute Gasteiger partial charge is 0.402 e. The van der Waals surface area contributed by atoms with Gasteiger partial charge >= 0.3 is 12.0 Å². The normalized spacial score (nSPS) is 17.4. The zero-order valence-electron chi connectivity index (χ0n) is 19.4. The summed E-state index contributed by atoms with van der Waals surface area (Å²) in [6.45, 7) is 2.05. The van der Waals surface area contributed by atoms with Crippen LogP contribution in [0.4, 0.5) is 4.79 Å². The van der Waals surface area contributed by atoms with E-state index in [0.29, 0.717) is 18.1 Å². The number of nitrogens with one attached hydrogen (secondary N) is 2. The number of piperidine rings is 1. The first-order valence-corrected chi connectivity index (χ1v) is 12.0. The Balaban J connectivity index is 1.14. The van der Waals surface area contributed by atoms with Gasteiger partial charge in [-0.1, -0.05) is 66.7 Å². The van der Waals surface area contributed by atoms with Gasteiger partial charge in [-0.3, -0.25) is 0 Å². The molecule has 2 N–H and O–H groups in total. The number of aliphatic imine (C=N–C) groups is 1. The molecule has 2 amide bonds. The Morgan fingerprint density at radius 3 is 2.57 bits per heavy atom. The first kappa shape index (κ1) is 22.7. The zero-order valence-corrected chi connectivity index (χ0v) is 19.4. The van der Waals surface area contributed by atoms with E-state index in [1.165, 1.54) is 5.56 Å². The van der Waals surface area contributed by atoms with Crippen LogP contribution in [0.2, 0.25) is 0 Å². The number of carbonyl (C=O) groups is 2. The maximum absolute atomic E-state index is 12.5. The van der Waals surface area contributed by atoms with Gasteiger partial charge in [0, 0.05) is 37.4 Å². The number of cyclic esters (lactones) is 1. The molecule has 7 heteroatoms. The predicted molar refractivity (Wildman–Crippen MR) is 136 cm³/mol. The Morgan fingerprint density at radius 1 is 1.00 bits per heavy atom. The molecule has 0 atom stereocenters. The molecule has 5 rings (SSSR count). The molecule has 3 aromatic carbocycles. The van der Waals surface area contributed by atoms with Crippen LogP contribution in [-0.2, 0) is 16.0 Å². The number of hydrogen-bond acceptors (Lipinski definition) is 5.